The predicted molar refractivity (Wildman–Crippen MR) is 92.7 cm³/mol. The standard InChI is InChI=1S/C19H38N2/c1-16-8-7-9-19(12-16,13-20-17(2,3)4)15-21-11-10-18(5,6)14-21/h16,20H,7-15H2,1-6H3. The highest BCUT2D eigenvalue weighted by Gasteiger charge is 2.39. The van der Waals surface area contributed by atoms with Crippen molar-refractivity contribution in [3.63, 3.8) is 0 Å². The van der Waals surface area contributed by atoms with E-state index in [0.29, 0.717) is 10.8 Å². The van der Waals surface area contributed by atoms with E-state index in [4.69, 9.17) is 0 Å². The summed E-state index contributed by atoms with van der Waals surface area (Å²) >= 11 is 0. The Morgan fingerprint density at radius 1 is 1.19 bits per heavy atom. The number of likely N-dealkylation sites (tertiary alicyclic amines) is 1. The molecule has 0 radical (unpaired) electrons. The van der Waals surface area contributed by atoms with Gasteiger partial charge < -0.3 is 10.2 Å². The second-order valence-corrected chi connectivity index (χ2v) is 9.93. The highest BCUT2D eigenvalue weighted by Crippen LogP contribution is 2.41. The maximum atomic E-state index is 3.82. The zero-order valence-electron chi connectivity index (χ0n) is 15.4. The van der Waals surface area contributed by atoms with E-state index >= 15 is 0 Å². The Bertz CT molecular complexity index is 342. The smallest absolute Gasteiger partial charge is 0.00967 e. The third-order valence-corrected chi connectivity index (χ3v) is 5.49. The molecular formula is C19H38N2. The van der Waals surface area contributed by atoms with Crippen molar-refractivity contribution in [3.8, 4) is 0 Å². The van der Waals surface area contributed by atoms with Gasteiger partial charge in [0.05, 0.1) is 0 Å². The first-order valence-electron chi connectivity index (χ1n) is 9.07. The number of hydrogen-bond donors (Lipinski definition) is 1. The maximum absolute atomic E-state index is 3.82. The topological polar surface area (TPSA) is 15.3 Å². The first-order chi connectivity index (χ1) is 9.59. The molecule has 1 N–H and O–H groups in total. The van der Waals surface area contributed by atoms with Crippen LogP contribution in [0.1, 0.15) is 73.6 Å². The van der Waals surface area contributed by atoms with Crippen molar-refractivity contribution in [2.45, 2.75) is 79.2 Å². The zero-order valence-corrected chi connectivity index (χ0v) is 15.4. The van der Waals surface area contributed by atoms with Gasteiger partial charge in [-0.15, -0.1) is 0 Å². The molecular weight excluding hydrogens is 256 g/mol. The van der Waals surface area contributed by atoms with Crippen molar-refractivity contribution in [1.29, 1.82) is 0 Å². The van der Waals surface area contributed by atoms with Gasteiger partial charge in [0.2, 0.25) is 0 Å². The summed E-state index contributed by atoms with van der Waals surface area (Å²) in [5.41, 5.74) is 1.27. The molecule has 2 rings (SSSR count). The zero-order chi connectivity index (χ0) is 15.7. The number of rotatable bonds is 4. The molecule has 0 aromatic carbocycles. The molecule has 1 saturated carbocycles. The Kier molecular flexibility index (Phi) is 5.10. The summed E-state index contributed by atoms with van der Waals surface area (Å²) in [5.74, 6) is 0.899. The van der Waals surface area contributed by atoms with Crippen LogP contribution in [0.3, 0.4) is 0 Å². The van der Waals surface area contributed by atoms with Gasteiger partial charge >= 0.3 is 0 Å². The van der Waals surface area contributed by atoms with Crippen LogP contribution in [0.2, 0.25) is 0 Å². The average molecular weight is 295 g/mol. The monoisotopic (exact) mass is 294 g/mol. The fourth-order valence-electron chi connectivity index (χ4n) is 4.42. The van der Waals surface area contributed by atoms with E-state index < -0.39 is 0 Å². The second kappa shape index (κ2) is 6.20. The van der Waals surface area contributed by atoms with Gasteiger partial charge in [0.15, 0.2) is 0 Å². The normalized spacial score (nSPS) is 34.3. The lowest BCUT2D eigenvalue weighted by molar-refractivity contribution is 0.0800. The van der Waals surface area contributed by atoms with Gasteiger partial charge in [0.1, 0.15) is 0 Å². The van der Waals surface area contributed by atoms with Crippen molar-refractivity contribution < 1.29 is 0 Å². The molecule has 0 amide bonds. The van der Waals surface area contributed by atoms with Crippen LogP contribution < -0.4 is 5.32 Å². The van der Waals surface area contributed by atoms with Crippen LogP contribution in [-0.2, 0) is 0 Å². The van der Waals surface area contributed by atoms with Gasteiger partial charge in [-0.25, -0.2) is 0 Å². The molecule has 1 aliphatic heterocycles. The number of nitrogens with zero attached hydrogens (tertiary/aromatic N) is 1. The van der Waals surface area contributed by atoms with Gasteiger partial charge in [-0.3, -0.25) is 0 Å². The molecule has 0 aromatic rings. The molecule has 2 unspecified atom stereocenters. The maximum Gasteiger partial charge on any atom is 0.00967 e. The molecule has 2 aliphatic rings. The first kappa shape index (κ1) is 17.3. The summed E-state index contributed by atoms with van der Waals surface area (Å²) in [6.07, 6.45) is 7.04. The Hall–Kier alpha value is -0.0800. The van der Waals surface area contributed by atoms with Gasteiger partial charge in [0, 0.05) is 25.2 Å². The first-order valence-corrected chi connectivity index (χ1v) is 9.07. The number of nitrogens with one attached hydrogen (secondary N) is 1. The predicted octanol–water partition coefficient (Wildman–Crippen LogP) is 4.30. The summed E-state index contributed by atoms with van der Waals surface area (Å²) in [6, 6.07) is 0. The van der Waals surface area contributed by atoms with Crippen LogP contribution in [0.25, 0.3) is 0 Å². The average Bonchev–Trinajstić information content (AvgIpc) is 2.65. The summed E-state index contributed by atoms with van der Waals surface area (Å²) in [6.45, 7) is 19.3. The quantitative estimate of drug-likeness (QED) is 0.831. The molecule has 1 heterocycles. The summed E-state index contributed by atoms with van der Waals surface area (Å²) < 4.78 is 0. The molecule has 2 fully saturated rings. The van der Waals surface area contributed by atoms with E-state index in [1.54, 1.807) is 0 Å². The Labute approximate surface area is 133 Å². The third-order valence-electron chi connectivity index (χ3n) is 5.49. The minimum Gasteiger partial charge on any atom is -0.311 e. The van der Waals surface area contributed by atoms with Crippen molar-refractivity contribution in [1.82, 2.24) is 10.2 Å². The van der Waals surface area contributed by atoms with E-state index in [1.165, 1.54) is 58.3 Å². The summed E-state index contributed by atoms with van der Waals surface area (Å²) in [7, 11) is 0. The van der Waals surface area contributed by atoms with Crippen LogP contribution in [-0.4, -0.2) is 36.6 Å². The van der Waals surface area contributed by atoms with Crippen LogP contribution in [0.15, 0.2) is 0 Å². The highest BCUT2D eigenvalue weighted by molar-refractivity contribution is 4.94. The van der Waals surface area contributed by atoms with Gasteiger partial charge in [-0.2, -0.15) is 0 Å². The van der Waals surface area contributed by atoms with Crippen molar-refractivity contribution in [2.24, 2.45) is 16.7 Å². The second-order valence-electron chi connectivity index (χ2n) is 9.93. The molecule has 124 valence electrons. The SMILES string of the molecule is CC1CCCC(CNC(C)(C)C)(CN2CCC(C)(C)C2)C1. The van der Waals surface area contributed by atoms with Crippen molar-refractivity contribution in [2.75, 3.05) is 26.2 Å². The van der Waals surface area contributed by atoms with E-state index in [2.05, 4.69) is 51.8 Å². The lowest BCUT2D eigenvalue weighted by Gasteiger charge is -2.44. The van der Waals surface area contributed by atoms with E-state index in [0.717, 1.165) is 5.92 Å². The van der Waals surface area contributed by atoms with Crippen LogP contribution in [0.4, 0.5) is 0 Å². The fraction of sp³-hybridized carbons (Fsp3) is 1.00. The largest absolute Gasteiger partial charge is 0.311 e. The molecule has 2 atom stereocenters. The van der Waals surface area contributed by atoms with Crippen molar-refractivity contribution in [3.05, 3.63) is 0 Å². The Balaban J connectivity index is 2.01. The lowest BCUT2D eigenvalue weighted by atomic mass is 9.69. The Morgan fingerprint density at radius 3 is 2.43 bits per heavy atom. The molecule has 1 aliphatic carbocycles. The molecule has 2 nitrogen and oxygen atoms in total. The van der Waals surface area contributed by atoms with E-state index in [9.17, 15) is 0 Å². The van der Waals surface area contributed by atoms with E-state index in [1.807, 2.05) is 0 Å². The molecule has 0 spiro atoms. The molecule has 1 saturated heterocycles. The minimum atomic E-state index is 0.234. The van der Waals surface area contributed by atoms with Gasteiger partial charge in [0.25, 0.3) is 0 Å². The number of hydrogen-bond acceptors (Lipinski definition) is 2. The van der Waals surface area contributed by atoms with E-state index in [-0.39, 0.29) is 5.54 Å². The van der Waals surface area contributed by atoms with Crippen molar-refractivity contribution >= 4 is 0 Å². The molecule has 0 aromatic heterocycles. The summed E-state index contributed by atoms with van der Waals surface area (Å²) in [5, 5.41) is 3.82. The van der Waals surface area contributed by atoms with Gasteiger partial charge in [-0.05, 0) is 63.3 Å². The molecule has 0 bridgehead atoms. The third kappa shape index (κ3) is 5.25. The summed E-state index contributed by atoms with van der Waals surface area (Å²) in [4.78, 5) is 2.75. The minimum absolute atomic E-state index is 0.234. The highest BCUT2D eigenvalue weighted by atomic mass is 15.2. The Morgan fingerprint density at radius 2 is 1.90 bits per heavy atom. The molecule has 2 heteroatoms. The van der Waals surface area contributed by atoms with Crippen LogP contribution in [0.5, 0.6) is 0 Å². The lowest BCUT2D eigenvalue weighted by Crippen LogP contribution is -2.50. The molecule has 21 heavy (non-hydrogen) atoms. The van der Waals surface area contributed by atoms with Crippen LogP contribution >= 0.6 is 0 Å². The fourth-order valence-corrected chi connectivity index (χ4v) is 4.42. The van der Waals surface area contributed by atoms with Crippen LogP contribution in [0, 0.1) is 16.7 Å². The van der Waals surface area contributed by atoms with Gasteiger partial charge in [-0.1, -0.05) is 33.6 Å².